The van der Waals surface area contributed by atoms with Gasteiger partial charge in [-0.25, -0.2) is 4.39 Å². The highest BCUT2D eigenvalue weighted by Crippen LogP contribution is 2.37. The van der Waals surface area contributed by atoms with Crippen molar-refractivity contribution in [1.82, 2.24) is 4.90 Å². The van der Waals surface area contributed by atoms with E-state index in [9.17, 15) is 9.50 Å². The molecule has 0 bridgehead atoms. The van der Waals surface area contributed by atoms with Crippen molar-refractivity contribution < 1.29 is 9.50 Å². The van der Waals surface area contributed by atoms with Gasteiger partial charge >= 0.3 is 0 Å². The van der Waals surface area contributed by atoms with Crippen molar-refractivity contribution in [1.29, 1.82) is 0 Å². The highest BCUT2D eigenvalue weighted by molar-refractivity contribution is 9.10. The maximum Gasteiger partial charge on any atom is 0.123 e. The maximum absolute atomic E-state index is 13.3. The van der Waals surface area contributed by atoms with Crippen LogP contribution < -0.4 is 0 Å². The van der Waals surface area contributed by atoms with Gasteiger partial charge < -0.3 is 5.11 Å². The molecule has 0 saturated carbocycles. The van der Waals surface area contributed by atoms with E-state index in [1.54, 1.807) is 6.07 Å². The molecule has 2 nitrogen and oxygen atoms in total. The van der Waals surface area contributed by atoms with Gasteiger partial charge in [0.25, 0.3) is 0 Å². The van der Waals surface area contributed by atoms with Gasteiger partial charge in [0.15, 0.2) is 0 Å². The average Bonchev–Trinajstić information content (AvgIpc) is 2.52. The number of benzene rings is 2. The van der Waals surface area contributed by atoms with Crippen molar-refractivity contribution in [3.8, 4) is 5.75 Å². The van der Waals surface area contributed by atoms with Gasteiger partial charge in [0.1, 0.15) is 11.6 Å². The van der Waals surface area contributed by atoms with Crippen molar-refractivity contribution in [2.45, 2.75) is 25.3 Å². The molecule has 2 aromatic carbocycles. The van der Waals surface area contributed by atoms with Crippen LogP contribution in [0.25, 0.3) is 0 Å². The van der Waals surface area contributed by atoms with Crippen molar-refractivity contribution in [2.75, 3.05) is 13.1 Å². The first kappa shape index (κ1) is 15.5. The summed E-state index contributed by atoms with van der Waals surface area (Å²) in [6.07, 6.45) is 3.57. The van der Waals surface area contributed by atoms with Crippen LogP contribution in [0.5, 0.6) is 5.75 Å². The normalized spacial score (nSPS) is 17.4. The molecule has 3 rings (SSSR count). The van der Waals surface area contributed by atoms with E-state index < -0.39 is 0 Å². The SMILES string of the molecule is Oc1cc(Br)ccc1C(c1ccc(F)cc1)N1CCCCC1. The van der Waals surface area contributed by atoms with E-state index >= 15 is 0 Å². The molecule has 0 amide bonds. The van der Waals surface area contributed by atoms with Gasteiger partial charge in [0.2, 0.25) is 0 Å². The summed E-state index contributed by atoms with van der Waals surface area (Å²) in [5.74, 6) is 0.0374. The molecular weight excluding hydrogens is 345 g/mol. The monoisotopic (exact) mass is 363 g/mol. The Morgan fingerprint density at radius 1 is 1.00 bits per heavy atom. The number of rotatable bonds is 3. The van der Waals surface area contributed by atoms with Crippen LogP contribution in [0.3, 0.4) is 0 Å². The van der Waals surface area contributed by atoms with Crippen molar-refractivity contribution >= 4 is 15.9 Å². The number of halogens is 2. The molecule has 0 aliphatic carbocycles. The number of phenolic OH excluding ortho intramolecular Hbond substituents is 1. The minimum atomic E-state index is -0.235. The Kier molecular flexibility index (Phi) is 4.79. The van der Waals surface area contributed by atoms with E-state index in [1.807, 2.05) is 24.3 Å². The lowest BCUT2D eigenvalue weighted by Crippen LogP contribution is -2.34. The van der Waals surface area contributed by atoms with Crippen LogP contribution in [0.1, 0.15) is 36.4 Å². The number of piperidine rings is 1. The van der Waals surface area contributed by atoms with Gasteiger partial charge in [0.05, 0.1) is 6.04 Å². The molecule has 1 saturated heterocycles. The third-order valence-electron chi connectivity index (χ3n) is 4.23. The van der Waals surface area contributed by atoms with E-state index in [0.717, 1.165) is 41.5 Å². The van der Waals surface area contributed by atoms with E-state index in [-0.39, 0.29) is 17.6 Å². The molecule has 1 aliphatic rings. The lowest BCUT2D eigenvalue weighted by molar-refractivity contribution is 0.185. The standard InChI is InChI=1S/C18H19BrFNO/c19-14-6-9-16(17(22)12-14)18(21-10-2-1-3-11-21)13-4-7-15(20)8-5-13/h4-9,12,18,22H,1-3,10-11H2. The topological polar surface area (TPSA) is 23.5 Å². The number of likely N-dealkylation sites (tertiary alicyclic amines) is 1. The van der Waals surface area contributed by atoms with Gasteiger partial charge in [-0.3, -0.25) is 4.90 Å². The first-order valence-corrected chi connectivity index (χ1v) is 8.42. The molecule has 0 spiro atoms. The Morgan fingerprint density at radius 2 is 1.68 bits per heavy atom. The second-order valence-electron chi connectivity index (χ2n) is 5.75. The lowest BCUT2D eigenvalue weighted by Gasteiger charge is -2.35. The molecule has 116 valence electrons. The van der Waals surface area contributed by atoms with Crippen LogP contribution in [-0.4, -0.2) is 23.1 Å². The number of hydrogen-bond donors (Lipinski definition) is 1. The Hall–Kier alpha value is -1.39. The fraction of sp³-hybridized carbons (Fsp3) is 0.333. The molecule has 4 heteroatoms. The number of hydrogen-bond acceptors (Lipinski definition) is 2. The first-order valence-electron chi connectivity index (χ1n) is 7.63. The molecule has 1 aliphatic heterocycles. The van der Waals surface area contributed by atoms with Crippen LogP contribution in [0.2, 0.25) is 0 Å². The van der Waals surface area contributed by atoms with Crippen LogP contribution in [0.15, 0.2) is 46.9 Å². The minimum absolute atomic E-state index is 0.0333. The third-order valence-corrected chi connectivity index (χ3v) is 4.72. The summed E-state index contributed by atoms with van der Waals surface area (Å²) in [6, 6.07) is 12.2. The molecular formula is C18H19BrFNO. The number of phenols is 1. The second kappa shape index (κ2) is 6.80. The summed E-state index contributed by atoms with van der Waals surface area (Å²) in [5, 5.41) is 10.4. The molecule has 0 aromatic heterocycles. The fourth-order valence-corrected chi connectivity index (χ4v) is 3.51. The van der Waals surface area contributed by atoms with E-state index in [2.05, 4.69) is 20.8 Å². The fourth-order valence-electron chi connectivity index (χ4n) is 3.16. The molecule has 1 N–H and O–H groups in total. The summed E-state index contributed by atoms with van der Waals surface area (Å²) in [7, 11) is 0. The van der Waals surface area contributed by atoms with Crippen LogP contribution in [0, 0.1) is 5.82 Å². The zero-order chi connectivity index (χ0) is 15.5. The average molecular weight is 364 g/mol. The van der Waals surface area contributed by atoms with Gasteiger partial charge in [-0.05, 0) is 55.8 Å². The predicted octanol–water partition coefficient (Wildman–Crippen LogP) is 4.87. The molecule has 1 heterocycles. The summed E-state index contributed by atoms with van der Waals surface area (Å²) in [5.41, 5.74) is 1.89. The van der Waals surface area contributed by atoms with Crippen LogP contribution in [0.4, 0.5) is 4.39 Å². The molecule has 0 radical (unpaired) electrons. The summed E-state index contributed by atoms with van der Waals surface area (Å²) >= 11 is 3.38. The van der Waals surface area contributed by atoms with E-state index in [0.29, 0.717) is 0 Å². The van der Waals surface area contributed by atoms with Crippen LogP contribution >= 0.6 is 15.9 Å². The highest BCUT2D eigenvalue weighted by atomic mass is 79.9. The Labute approximate surface area is 138 Å². The smallest absolute Gasteiger partial charge is 0.123 e. The predicted molar refractivity (Wildman–Crippen MR) is 89.5 cm³/mol. The van der Waals surface area contributed by atoms with Crippen LogP contribution in [-0.2, 0) is 0 Å². The van der Waals surface area contributed by atoms with Gasteiger partial charge in [-0.2, -0.15) is 0 Å². The zero-order valence-corrected chi connectivity index (χ0v) is 13.9. The Balaban J connectivity index is 2.03. The highest BCUT2D eigenvalue weighted by Gasteiger charge is 2.26. The largest absolute Gasteiger partial charge is 0.508 e. The molecule has 1 atom stereocenters. The molecule has 1 unspecified atom stereocenters. The Morgan fingerprint density at radius 3 is 2.32 bits per heavy atom. The van der Waals surface area contributed by atoms with Crippen molar-refractivity contribution in [3.05, 3.63) is 63.9 Å². The quantitative estimate of drug-likeness (QED) is 0.840. The van der Waals surface area contributed by atoms with E-state index in [4.69, 9.17) is 0 Å². The lowest BCUT2D eigenvalue weighted by atomic mass is 9.94. The third kappa shape index (κ3) is 3.33. The summed E-state index contributed by atoms with van der Waals surface area (Å²) in [6.45, 7) is 2.00. The first-order chi connectivity index (χ1) is 10.6. The number of nitrogens with zero attached hydrogens (tertiary/aromatic N) is 1. The molecule has 1 fully saturated rings. The molecule has 22 heavy (non-hydrogen) atoms. The number of aromatic hydroxyl groups is 1. The minimum Gasteiger partial charge on any atom is -0.508 e. The maximum atomic E-state index is 13.3. The van der Waals surface area contributed by atoms with Crippen molar-refractivity contribution in [3.63, 3.8) is 0 Å². The van der Waals surface area contributed by atoms with Crippen molar-refractivity contribution in [2.24, 2.45) is 0 Å². The van der Waals surface area contributed by atoms with Gasteiger partial charge in [-0.15, -0.1) is 0 Å². The second-order valence-corrected chi connectivity index (χ2v) is 6.67. The Bertz CT molecular complexity index is 638. The van der Waals surface area contributed by atoms with E-state index in [1.165, 1.54) is 18.6 Å². The zero-order valence-electron chi connectivity index (χ0n) is 12.3. The van der Waals surface area contributed by atoms with Gasteiger partial charge in [0, 0.05) is 10.0 Å². The summed E-state index contributed by atoms with van der Waals surface area (Å²) < 4.78 is 14.1. The van der Waals surface area contributed by atoms with Gasteiger partial charge in [-0.1, -0.05) is 40.5 Å². The summed E-state index contributed by atoms with van der Waals surface area (Å²) in [4.78, 5) is 2.37. The molecule has 2 aromatic rings.